The highest BCUT2D eigenvalue weighted by Gasteiger charge is 2.46. The number of carbonyl (C=O) groups excluding carboxylic acids is 2. The van der Waals surface area contributed by atoms with E-state index in [-0.39, 0.29) is 34.1 Å². The third-order valence-electron chi connectivity index (χ3n) is 6.10. The average Bonchev–Trinajstić information content (AvgIpc) is 3.42. The molecule has 0 radical (unpaired) electrons. The molecular weight excluding hydrogens is 527 g/mol. The van der Waals surface area contributed by atoms with E-state index in [0.717, 1.165) is 23.1 Å². The molecule has 2 heterocycles. The monoisotopic (exact) mass is 543 g/mol. The fourth-order valence-corrected chi connectivity index (χ4v) is 4.61. The van der Waals surface area contributed by atoms with Crippen molar-refractivity contribution in [3.05, 3.63) is 100.0 Å². The number of Topliss-reactive ketones (excluding diaryl/α,β-unsaturated/α-hetero) is 1. The Hall–Kier alpha value is -4.44. The van der Waals surface area contributed by atoms with Crippen molar-refractivity contribution in [2.75, 3.05) is 12.0 Å². The Bertz CT molecular complexity index is 1620. The first-order valence-corrected chi connectivity index (χ1v) is 11.4. The summed E-state index contributed by atoms with van der Waals surface area (Å²) in [5, 5.41) is 21.3. The van der Waals surface area contributed by atoms with Gasteiger partial charge in [-0.15, -0.1) is 0 Å². The summed E-state index contributed by atoms with van der Waals surface area (Å²) < 4.78 is 51.3. The summed E-state index contributed by atoms with van der Waals surface area (Å²) >= 11 is 6.10. The fourth-order valence-electron chi connectivity index (χ4n) is 4.39. The summed E-state index contributed by atoms with van der Waals surface area (Å²) in [6.45, 7) is 0. The van der Waals surface area contributed by atoms with Crippen LogP contribution in [0.3, 0.4) is 0 Å². The lowest BCUT2D eigenvalue weighted by Crippen LogP contribution is -2.31. The summed E-state index contributed by atoms with van der Waals surface area (Å²) in [6, 6.07) is 12.3. The number of ketones is 1. The Morgan fingerprint density at radius 1 is 1.05 bits per heavy atom. The molecule has 1 unspecified atom stereocenters. The highest BCUT2D eigenvalue weighted by atomic mass is 35.5. The van der Waals surface area contributed by atoms with Gasteiger partial charge in [0.15, 0.2) is 22.9 Å². The van der Waals surface area contributed by atoms with E-state index in [1.165, 1.54) is 55.6 Å². The van der Waals surface area contributed by atoms with Crippen molar-refractivity contribution in [2.24, 2.45) is 0 Å². The molecule has 1 aromatic heterocycles. The van der Waals surface area contributed by atoms with Gasteiger partial charge in [-0.1, -0.05) is 29.8 Å². The Balaban J connectivity index is 1.67. The number of carbonyl (C=O) groups is 2. The van der Waals surface area contributed by atoms with E-state index in [4.69, 9.17) is 20.8 Å². The van der Waals surface area contributed by atoms with E-state index < -0.39 is 40.8 Å². The summed E-state index contributed by atoms with van der Waals surface area (Å²) in [4.78, 5) is 27.9. The highest BCUT2D eigenvalue weighted by Crippen LogP contribution is 2.44. The number of hydrogen-bond donors (Lipinski definition) is 2. The van der Waals surface area contributed by atoms with Crippen molar-refractivity contribution in [2.45, 2.75) is 12.2 Å². The molecular formula is C27H17ClF3NO6. The van der Waals surface area contributed by atoms with Crippen LogP contribution in [0.25, 0.3) is 11.0 Å². The van der Waals surface area contributed by atoms with Gasteiger partial charge in [-0.05, 0) is 48.0 Å². The van der Waals surface area contributed by atoms with E-state index in [2.05, 4.69) is 0 Å². The van der Waals surface area contributed by atoms with Gasteiger partial charge in [-0.25, -0.2) is 0 Å². The van der Waals surface area contributed by atoms with Crippen LogP contribution in [0.2, 0.25) is 5.02 Å². The van der Waals surface area contributed by atoms with Gasteiger partial charge in [-0.2, -0.15) is 13.2 Å². The van der Waals surface area contributed by atoms with Crippen molar-refractivity contribution in [3.8, 4) is 11.5 Å². The number of halogens is 4. The zero-order valence-corrected chi connectivity index (χ0v) is 20.2. The van der Waals surface area contributed by atoms with E-state index in [1.807, 2.05) is 0 Å². The zero-order valence-electron chi connectivity index (χ0n) is 19.4. The quantitative estimate of drug-likeness (QED) is 0.275. The second-order valence-electron chi connectivity index (χ2n) is 8.45. The van der Waals surface area contributed by atoms with Crippen LogP contribution >= 0.6 is 11.6 Å². The lowest BCUT2D eigenvalue weighted by atomic mass is 9.94. The minimum Gasteiger partial charge on any atom is -0.508 e. The molecule has 4 aromatic rings. The molecule has 3 aromatic carbocycles. The van der Waals surface area contributed by atoms with Gasteiger partial charge in [0.05, 0.1) is 24.3 Å². The third-order valence-corrected chi connectivity index (χ3v) is 6.32. The topological polar surface area (TPSA) is 100 Å². The van der Waals surface area contributed by atoms with E-state index in [0.29, 0.717) is 10.4 Å². The van der Waals surface area contributed by atoms with Crippen molar-refractivity contribution in [1.29, 1.82) is 0 Å². The molecule has 2 N–H and O–H groups in total. The molecule has 0 bridgehead atoms. The molecule has 11 heteroatoms. The van der Waals surface area contributed by atoms with Gasteiger partial charge < -0.3 is 19.4 Å². The lowest BCUT2D eigenvalue weighted by Gasteiger charge is -2.27. The molecule has 5 rings (SSSR count). The van der Waals surface area contributed by atoms with Gasteiger partial charge in [-0.3, -0.25) is 14.5 Å². The number of phenolic OH excluding ortho intramolecular Hbond substituents is 1. The number of nitrogens with zero attached hydrogens (tertiary/aromatic N) is 1. The number of methoxy groups -OCH3 is 1. The molecule has 1 aliphatic rings. The number of anilines is 1. The van der Waals surface area contributed by atoms with E-state index >= 15 is 0 Å². The molecule has 0 aliphatic carbocycles. The SMILES string of the molecule is COc1cc(Cl)cc2cc(C(=O)C3=C(O)C(=O)N(c4cccc(C(F)(F)F)c4)C3c3ccc(O)cc3)oc12. The van der Waals surface area contributed by atoms with Crippen molar-refractivity contribution in [3.63, 3.8) is 0 Å². The number of aromatic hydroxyl groups is 1. The smallest absolute Gasteiger partial charge is 0.416 e. The fraction of sp³-hybridized carbons (Fsp3) is 0.111. The normalized spacial score (nSPS) is 16.0. The first-order chi connectivity index (χ1) is 18.0. The zero-order chi connectivity index (χ0) is 27.4. The second-order valence-corrected chi connectivity index (χ2v) is 8.88. The molecule has 1 amide bonds. The maximum atomic E-state index is 13.7. The molecule has 7 nitrogen and oxygen atoms in total. The van der Waals surface area contributed by atoms with Crippen LogP contribution in [0.4, 0.5) is 18.9 Å². The van der Waals surface area contributed by atoms with Crippen molar-refractivity contribution < 1.29 is 42.1 Å². The van der Waals surface area contributed by atoms with Gasteiger partial charge in [0, 0.05) is 22.2 Å². The van der Waals surface area contributed by atoms with Gasteiger partial charge in [0.1, 0.15) is 5.75 Å². The highest BCUT2D eigenvalue weighted by molar-refractivity contribution is 6.31. The van der Waals surface area contributed by atoms with Crippen LogP contribution in [-0.4, -0.2) is 29.0 Å². The van der Waals surface area contributed by atoms with Crippen LogP contribution in [0, 0.1) is 0 Å². The molecule has 38 heavy (non-hydrogen) atoms. The van der Waals surface area contributed by atoms with Gasteiger partial charge in [0.25, 0.3) is 5.91 Å². The minimum absolute atomic E-state index is 0.119. The van der Waals surface area contributed by atoms with Crippen LogP contribution < -0.4 is 9.64 Å². The van der Waals surface area contributed by atoms with Crippen LogP contribution in [0.5, 0.6) is 11.5 Å². The number of rotatable bonds is 5. The largest absolute Gasteiger partial charge is 0.508 e. The number of hydrogen-bond acceptors (Lipinski definition) is 6. The number of alkyl halides is 3. The molecule has 1 aliphatic heterocycles. The third kappa shape index (κ3) is 4.22. The number of phenols is 1. The standard InChI is InChI=1S/C27H17ClF3NO6/c1-37-20-12-16(28)9-14-10-19(38-25(14)20)23(34)21-22(13-5-7-18(33)8-6-13)32(26(36)24(21)35)17-4-2-3-15(11-17)27(29,30)31/h2-12,22,33,35H,1H3. The van der Waals surface area contributed by atoms with Gasteiger partial charge >= 0.3 is 6.18 Å². The number of benzene rings is 3. The number of aliphatic hydroxyl groups is 1. The maximum absolute atomic E-state index is 13.7. The van der Waals surface area contributed by atoms with Crippen molar-refractivity contribution in [1.82, 2.24) is 0 Å². The molecule has 1 atom stereocenters. The molecule has 194 valence electrons. The average molecular weight is 544 g/mol. The maximum Gasteiger partial charge on any atom is 0.416 e. The first kappa shape index (κ1) is 25.2. The van der Waals surface area contributed by atoms with Crippen LogP contribution in [0.1, 0.15) is 27.7 Å². The Labute approximate surface area is 217 Å². The summed E-state index contributed by atoms with van der Waals surface area (Å²) in [7, 11) is 1.38. The van der Waals surface area contributed by atoms with Crippen molar-refractivity contribution >= 4 is 39.9 Å². The molecule has 0 fully saturated rings. The Morgan fingerprint density at radius 3 is 2.42 bits per heavy atom. The van der Waals surface area contributed by atoms with Crippen LogP contribution in [-0.2, 0) is 11.0 Å². The first-order valence-electron chi connectivity index (χ1n) is 11.0. The Kier molecular flexibility index (Phi) is 6.07. The van der Waals surface area contributed by atoms with Gasteiger partial charge in [0.2, 0.25) is 5.78 Å². The number of aliphatic hydroxyl groups excluding tert-OH is 1. The van der Waals surface area contributed by atoms with E-state index in [9.17, 15) is 33.0 Å². The van der Waals surface area contributed by atoms with E-state index in [1.54, 1.807) is 0 Å². The Morgan fingerprint density at radius 2 is 1.76 bits per heavy atom. The molecule has 0 saturated heterocycles. The predicted octanol–water partition coefficient (Wildman–Crippen LogP) is 6.60. The number of ether oxygens (including phenoxy) is 1. The summed E-state index contributed by atoms with van der Waals surface area (Å²) in [6.07, 6.45) is -4.70. The lowest BCUT2D eigenvalue weighted by molar-refractivity contribution is -0.137. The second kappa shape index (κ2) is 9.14. The molecule has 0 spiro atoms. The summed E-state index contributed by atoms with van der Waals surface area (Å²) in [5.41, 5.74) is -1.19. The van der Waals surface area contributed by atoms with Crippen LogP contribution in [0.15, 0.2) is 82.5 Å². The predicted molar refractivity (Wildman–Crippen MR) is 132 cm³/mol. The minimum atomic E-state index is -4.70. The summed E-state index contributed by atoms with van der Waals surface area (Å²) in [5.74, 6) is -3.04. The number of amides is 1. The number of furan rings is 1. The number of fused-ring (bicyclic) bond motifs is 1. The molecule has 0 saturated carbocycles.